The standard InChI is InChI=1S/C23H21BrN2O5/c1-13(2)25-21(27)12-31-20-10-15-6-4-3-5-14(15)9-18(20)22(28)26-19-8-7-16(24)11-17(19)23(29)30/h3-11,13H,12H2,1-2H3,(H,25,27)(H,26,28)(H,29,30). The van der Waals surface area contributed by atoms with Gasteiger partial charge in [-0.1, -0.05) is 40.2 Å². The fraction of sp³-hybridized carbons (Fsp3) is 0.174. The van der Waals surface area contributed by atoms with Crippen LogP contribution in [0.2, 0.25) is 0 Å². The molecule has 7 nitrogen and oxygen atoms in total. The zero-order valence-corrected chi connectivity index (χ0v) is 18.5. The Balaban J connectivity index is 1.95. The van der Waals surface area contributed by atoms with Gasteiger partial charge in [-0.05, 0) is 55.0 Å². The number of anilines is 1. The smallest absolute Gasteiger partial charge is 0.337 e. The minimum absolute atomic E-state index is 0.0395. The predicted molar refractivity (Wildman–Crippen MR) is 122 cm³/mol. The first-order valence-corrected chi connectivity index (χ1v) is 10.3. The van der Waals surface area contributed by atoms with Crippen molar-refractivity contribution in [3.8, 4) is 5.75 Å². The number of carbonyl (C=O) groups excluding carboxylic acids is 2. The monoisotopic (exact) mass is 484 g/mol. The van der Waals surface area contributed by atoms with Gasteiger partial charge < -0.3 is 20.5 Å². The molecule has 0 saturated heterocycles. The molecule has 0 aliphatic carbocycles. The summed E-state index contributed by atoms with van der Waals surface area (Å²) < 4.78 is 6.24. The van der Waals surface area contributed by atoms with Crippen LogP contribution in [0, 0.1) is 0 Å². The highest BCUT2D eigenvalue weighted by molar-refractivity contribution is 9.10. The number of hydrogen-bond donors (Lipinski definition) is 3. The Morgan fingerprint density at radius 2 is 1.68 bits per heavy atom. The van der Waals surface area contributed by atoms with Crippen molar-refractivity contribution in [1.29, 1.82) is 0 Å². The molecule has 0 aliphatic heterocycles. The van der Waals surface area contributed by atoms with Gasteiger partial charge in [0.2, 0.25) is 0 Å². The van der Waals surface area contributed by atoms with E-state index in [1.807, 2.05) is 38.1 Å². The number of amides is 2. The van der Waals surface area contributed by atoms with Crippen LogP contribution in [0.4, 0.5) is 5.69 Å². The van der Waals surface area contributed by atoms with Crippen LogP contribution in [0.5, 0.6) is 5.75 Å². The molecule has 0 fully saturated rings. The number of nitrogens with one attached hydrogen (secondary N) is 2. The topological polar surface area (TPSA) is 105 Å². The van der Waals surface area contributed by atoms with Crippen molar-refractivity contribution < 1.29 is 24.2 Å². The number of ether oxygens (including phenoxy) is 1. The van der Waals surface area contributed by atoms with Crippen molar-refractivity contribution >= 4 is 50.2 Å². The highest BCUT2D eigenvalue weighted by atomic mass is 79.9. The number of carboxylic acid groups (broad SMARTS) is 1. The van der Waals surface area contributed by atoms with E-state index >= 15 is 0 Å². The number of benzene rings is 3. The number of aromatic carboxylic acids is 1. The Kier molecular flexibility index (Phi) is 6.91. The van der Waals surface area contributed by atoms with Gasteiger partial charge in [-0.3, -0.25) is 9.59 Å². The maximum atomic E-state index is 13.1. The quantitative estimate of drug-likeness (QED) is 0.459. The van der Waals surface area contributed by atoms with Gasteiger partial charge in [0, 0.05) is 10.5 Å². The Hall–Kier alpha value is -3.39. The summed E-state index contributed by atoms with van der Waals surface area (Å²) in [5, 5.41) is 16.5. The zero-order chi connectivity index (χ0) is 22.5. The van der Waals surface area contributed by atoms with Crippen LogP contribution >= 0.6 is 15.9 Å². The largest absolute Gasteiger partial charge is 0.483 e. The van der Waals surface area contributed by atoms with E-state index in [1.54, 1.807) is 18.2 Å². The molecule has 0 aliphatic rings. The molecule has 0 aromatic heterocycles. The van der Waals surface area contributed by atoms with E-state index in [0.29, 0.717) is 4.47 Å². The summed E-state index contributed by atoms with van der Waals surface area (Å²) in [5.41, 5.74) is 0.287. The number of hydrogen-bond acceptors (Lipinski definition) is 4. The van der Waals surface area contributed by atoms with Crippen molar-refractivity contribution in [2.24, 2.45) is 0 Å². The molecule has 0 atom stereocenters. The van der Waals surface area contributed by atoms with Crippen LogP contribution in [0.25, 0.3) is 10.8 Å². The molecule has 160 valence electrons. The maximum absolute atomic E-state index is 13.1. The summed E-state index contributed by atoms with van der Waals surface area (Å²) in [6.45, 7) is 3.42. The molecule has 3 aromatic rings. The number of carbonyl (C=O) groups is 3. The molecule has 8 heteroatoms. The predicted octanol–water partition coefficient (Wildman–Crippen LogP) is 4.46. The number of carboxylic acids is 1. The third kappa shape index (κ3) is 5.61. The molecule has 0 bridgehead atoms. The first kappa shape index (κ1) is 22.3. The van der Waals surface area contributed by atoms with E-state index in [0.717, 1.165) is 10.8 Å². The summed E-state index contributed by atoms with van der Waals surface area (Å²) in [6.07, 6.45) is 0. The van der Waals surface area contributed by atoms with E-state index in [2.05, 4.69) is 26.6 Å². The highest BCUT2D eigenvalue weighted by Gasteiger charge is 2.19. The van der Waals surface area contributed by atoms with Crippen molar-refractivity contribution in [2.45, 2.75) is 19.9 Å². The van der Waals surface area contributed by atoms with Gasteiger partial charge in [0.1, 0.15) is 5.75 Å². The first-order chi connectivity index (χ1) is 14.7. The van der Waals surface area contributed by atoms with Crippen molar-refractivity contribution in [3.63, 3.8) is 0 Å². The average Bonchev–Trinajstić information content (AvgIpc) is 2.72. The van der Waals surface area contributed by atoms with E-state index in [-0.39, 0.29) is 41.1 Å². The summed E-state index contributed by atoms with van der Waals surface area (Å²) in [7, 11) is 0. The lowest BCUT2D eigenvalue weighted by Crippen LogP contribution is -2.34. The third-order valence-electron chi connectivity index (χ3n) is 4.36. The Labute approximate surface area is 187 Å². The number of fused-ring (bicyclic) bond motifs is 1. The molecular weight excluding hydrogens is 464 g/mol. The molecule has 3 aromatic carbocycles. The number of rotatable bonds is 7. The minimum atomic E-state index is -1.17. The maximum Gasteiger partial charge on any atom is 0.337 e. The molecule has 3 N–H and O–H groups in total. The van der Waals surface area contributed by atoms with Crippen molar-refractivity contribution in [1.82, 2.24) is 5.32 Å². The normalized spacial score (nSPS) is 10.7. The fourth-order valence-corrected chi connectivity index (χ4v) is 3.38. The second-order valence-electron chi connectivity index (χ2n) is 7.16. The van der Waals surface area contributed by atoms with E-state index in [1.165, 1.54) is 12.1 Å². The van der Waals surface area contributed by atoms with Gasteiger partial charge in [0.05, 0.1) is 16.8 Å². The second-order valence-corrected chi connectivity index (χ2v) is 8.07. The van der Waals surface area contributed by atoms with Gasteiger partial charge in [0.15, 0.2) is 6.61 Å². The second kappa shape index (κ2) is 9.61. The highest BCUT2D eigenvalue weighted by Crippen LogP contribution is 2.28. The molecule has 0 unspecified atom stereocenters. The van der Waals surface area contributed by atoms with Crippen LogP contribution in [0.15, 0.2) is 59.1 Å². The minimum Gasteiger partial charge on any atom is -0.483 e. The molecule has 0 radical (unpaired) electrons. The SMILES string of the molecule is CC(C)NC(=O)COc1cc2ccccc2cc1C(=O)Nc1ccc(Br)cc1C(=O)O. The first-order valence-electron chi connectivity index (χ1n) is 9.53. The van der Waals surface area contributed by atoms with Gasteiger partial charge in [-0.25, -0.2) is 4.79 Å². The van der Waals surface area contributed by atoms with E-state index in [9.17, 15) is 19.5 Å². The van der Waals surface area contributed by atoms with Crippen molar-refractivity contribution in [3.05, 3.63) is 70.2 Å². The summed E-state index contributed by atoms with van der Waals surface area (Å²) >= 11 is 3.23. The Bertz CT molecular complexity index is 1160. The van der Waals surface area contributed by atoms with Crippen LogP contribution in [-0.2, 0) is 4.79 Å². The summed E-state index contributed by atoms with van der Waals surface area (Å²) in [5.74, 6) is -1.80. The van der Waals surface area contributed by atoms with Crippen molar-refractivity contribution in [2.75, 3.05) is 11.9 Å². The lowest BCUT2D eigenvalue weighted by Gasteiger charge is -2.15. The number of halogens is 1. The molecule has 31 heavy (non-hydrogen) atoms. The average molecular weight is 485 g/mol. The van der Waals surface area contributed by atoms with Crippen LogP contribution in [0.1, 0.15) is 34.6 Å². The summed E-state index contributed by atoms with van der Waals surface area (Å²) in [4.78, 5) is 36.6. The van der Waals surface area contributed by atoms with E-state index in [4.69, 9.17) is 4.74 Å². The molecule has 2 amide bonds. The lowest BCUT2D eigenvalue weighted by molar-refractivity contribution is -0.123. The molecule has 3 rings (SSSR count). The van der Waals surface area contributed by atoms with Gasteiger partial charge in [0.25, 0.3) is 11.8 Å². The van der Waals surface area contributed by atoms with Gasteiger partial charge >= 0.3 is 5.97 Å². The molecule has 0 spiro atoms. The lowest BCUT2D eigenvalue weighted by atomic mass is 10.0. The Morgan fingerprint density at radius 3 is 2.32 bits per heavy atom. The van der Waals surface area contributed by atoms with Gasteiger partial charge in [-0.15, -0.1) is 0 Å². The van der Waals surface area contributed by atoms with Crippen LogP contribution in [-0.4, -0.2) is 35.5 Å². The molecular formula is C23H21BrN2O5. The van der Waals surface area contributed by atoms with Crippen LogP contribution < -0.4 is 15.4 Å². The third-order valence-corrected chi connectivity index (χ3v) is 4.85. The van der Waals surface area contributed by atoms with Crippen LogP contribution in [0.3, 0.4) is 0 Å². The summed E-state index contributed by atoms with van der Waals surface area (Å²) in [6, 6.07) is 15.3. The zero-order valence-electron chi connectivity index (χ0n) is 16.9. The molecule has 0 saturated carbocycles. The van der Waals surface area contributed by atoms with Gasteiger partial charge in [-0.2, -0.15) is 0 Å². The Morgan fingerprint density at radius 1 is 1.00 bits per heavy atom. The van der Waals surface area contributed by atoms with E-state index < -0.39 is 11.9 Å². The fourth-order valence-electron chi connectivity index (χ4n) is 3.02. The molecule has 0 heterocycles.